The van der Waals surface area contributed by atoms with Crippen molar-refractivity contribution < 1.29 is 8.42 Å². The Labute approximate surface area is 127 Å². The number of anilines is 1. The zero-order chi connectivity index (χ0) is 15.5. The van der Waals surface area contributed by atoms with E-state index in [0.717, 1.165) is 19.3 Å². The van der Waals surface area contributed by atoms with E-state index in [1.54, 1.807) is 19.2 Å². The van der Waals surface area contributed by atoms with Gasteiger partial charge in [-0.2, -0.15) is 0 Å². The quantitative estimate of drug-likeness (QED) is 0.877. The minimum Gasteiger partial charge on any atom is -0.373 e. The molecular formula is C15H25N3O2S. The molecular weight excluding hydrogens is 286 g/mol. The van der Waals surface area contributed by atoms with Gasteiger partial charge in [-0.1, -0.05) is 26.7 Å². The molecule has 2 atom stereocenters. The summed E-state index contributed by atoms with van der Waals surface area (Å²) in [6.07, 6.45) is 5.71. The first-order valence-electron chi connectivity index (χ1n) is 7.60. The molecule has 0 saturated heterocycles. The van der Waals surface area contributed by atoms with Gasteiger partial charge in [0.25, 0.3) is 0 Å². The van der Waals surface area contributed by atoms with E-state index in [-0.39, 0.29) is 10.9 Å². The average Bonchev–Trinajstić information content (AvgIpc) is 2.47. The van der Waals surface area contributed by atoms with Crippen molar-refractivity contribution >= 4 is 15.8 Å². The van der Waals surface area contributed by atoms with Gasteiger partial charge in [0.15, 0.2) is 0 Å². The molecule has 1 saturated carbocycles. The maximum Gasteiger partial charge on any atom is 0.242 e. The fourth-order valence-electron chi connectivity index (χ4n) is 3.06. The van der Waals surface area contributed by atoms with Gasteiger partial charge < -0.3 is 5.32 Å². The predicted molar refractivity (Wildman–Crippen MR) is 84.7 cm³/mol. The maximum absolute atomic E-state index is 12.5. The van der Waals surface area contributed by atoms with Gasteiger partial charge in [-0.25, -0.2) is 18.1 Å². The highest BCUT2D eigenvalue weighted by molar-refractivity contribution is 7.89. The average molecular weight is 311 g/mol. The number of pyridine rings is 1. The highest BCUT2D eigenvalue weighted by Crippen LogP contribution is 2.31. The van der Waals surface area contributed by atoms with Crippen molar-refractivity contribution in [2.45, 2.75) is 50.5 Å². The van der Waals surface area contributed by atoms with E-state index in [1.807, 2.05) is 0 Å². The first-order valence-corrected chi connectivity index (χ1v) is 9.08. The summed E-state index contributed by atoms with van der Waals surface area (Å²) >= 11 is 0. The molecule has 1 aliphatic carbocycles. The Hall–Kier alpha value is -1.14. The first-order chi connectivity index (χ1) is 9.94. The summed E-state index contributed by atoms with van der Waals surface area (Å²) < 4.78 is 27.9. The van der Waals surface area contributed by atoms with Crippen LogP contribution < -0.4 is 10.0 Å². The molecule has 0 spiro atoms. The van der Waals surface area contributed by atoms with E-state index < -0.39 is 10.0 Å². The van der Waals surface area contributed by atoms with E-state index in [9.17, 15) is 8.42 Å². The molecule has 1 aromatic rings. The number of hydrogen-bond donors (Lipinski definition) is 2. The second kappa shape index (κ2) is 6.75. The normalized spacial score (nSPS) is 23.2. The van der Waals surface area contributed by atoms with Gasteiger partial charge in [-0.15, -0.1) is 0 Å². The van der Waals surface area contributed by atoms with Gasteiger partial charge in [0.2, 0.25) is 10.0 Å². The van der Waals surface area contributed by atoms with Gasteiger partial charge in [0.1, 0.15) is 10.7 Å². The zero-order valence-corrected chi connectivity index (χ0v) is 13.8. The molecule has 2 rings (SSSR count). The fraction of sp³-hybridized carbons (Fsp3) is 0.667. The van der Waals surface area contributed by atoms with Gasteiger partial charge in [0, 0.05) is 19.3 Å². The summed E-state index contributed by atoms with van der Waals surface area (Å²) in [5, 5.41) is 2.88. The molecule has 1 aliphatic rings. The molecule has 118 valence electrons. The van der Waals surface area contributed by atoms with Crippen LogP contribution in [0, 0.1) is 11.8 Å². The minimum atomic E-state index is -3.49. The topological polar surface area (TPSA) is 71.1 Å². The number of rotatable bonds is 5. The third-order valence-corrected chi connectivity index (χ3v) is 5.76. The van der Waals surface area contributed by atoms with Crippen LogP contribution in [-0.2, 0) is 10.0 Å². The van der Waals surface area contributed by atoms with Crippen molar-refractivity contribution in [1.82, 2.24) is 9.71 Å². The molecule has 2 N–H and O–H groups in total. The van der Waals surface area contributed by atoms with E-state index in [1.165, 1.54) is 12.6 Å². The summed E-state index contributed by atoms with van der Waals surface area (Å²) in [6, 6.07) is 3.30. The fourth-order valence-corrected chi connectivity index (χ4v) is 4.32. The van der Waals surface area contributed by atoms with Crippen LogP contribution in [0.5, 0.6) is 0 Å². The zero-order valence-electron chi connectivity index (χ0n) is 13.0. The number of nitrogens with zero attached hydrogens (tertiary/aromatic N) is 1. The highest BCUT2D eigenvalue weighted by Gasteiger charge is 2.31. The molecule has 2 unspecified atom stereocenters. The molecule has 1 fully saturated rings. The Morgan fingerprint density at radius 2 is 1.95 bits per heavy atom. The van der Waals surface area contributed by atoms with Crippen LogP contribution in [0.4, 0.5) is 5.82 Å². The van der Waals surface area contributed by atoms with Crippen LogP contribution >= 0.6 is 0 Å². The number of sulfonamides is 1. The Morgan fingerprint density at radius 3 is 2.52 bits per heavy atom. The second-order valence-corrected chi connectivity index (χ2v) is 7.76. The van der Waals surface area contributed by atoms with Gasteiger partial charge in [0.05, 0.1) is 0 Å². The van der Waals surface area contributed by atoms with Gasteiger partial charge in [-0.05, 0) is 36.8 Å². The van der Waals surface area contributed by atoms with E-state index in [4.69, 9.17) is 0 Å². The van der Waals surface area contributed by atoms with E-state index in [2.05, 4.69) is 28.9 Å². The summed E-state index contributed by atoms with van der Waals surface area (Å²) in [5.74, 6) is 1.56. The number of hydrogen-bond acceptors (Lipinski definition) is 4. The SMILES string of the molecule is CNc1ccc(S(=O)(=O)NC2CCCCC2C(C)C)cn1. The third-order valence-electron chi connectivity index (χ3n) is 4.29. The minimum absolute atomic E-state index is 0.0349. The van der Waals surface area contributed by atoms with Gasteiger partial charge in [-0.3, -0.25) is 0 Å². The van der Waals surface area contributed by atoms with Gasteiger partial charge >= 0.3 is 0 Å². The van der Waals surface area contributed by atoms with Crippen LogP contribution in [0.15, 0.2) is 23.2 Å². The van der Waals surface area contributed by atoms with Crippen LogP contribution in [0.1, 0.15) is 39.5 Å². The Morgan fingerprint density at radius 1 is 1.24 bits per heavy atom. The lowest BCUT2D eigenvalue weighted by Gasteiger charge is -2.34. The van der Waals surface area contributed by atoms with Crippen LogP contribution in [0.3, 0.4) is 0 Å². The molecule has 1 aromatic heterocycles. The van der Waals surface area contributed by atoms with Crippen LogP contribution in [0.25, 0.3) is 0 Å². The lowest BCUT2D eigenvalue weighted by Crippen LogP contribution is -2.43. The first kappa shape index (κ1) is 16.2. The monoisotopic (exact) mass is 311 g/mol. The van der Waals surface area contributed by atoms with Crippen molar-refractivity contribution in [2.24, 2.45) is 11.8 Å². The summed E-state index contributed by atoms with van der Waals surface area (Å²) in [7, 11) is -1.74. The molecule has 6 heteroatoms. The second-order valence-electron chi connectivity index (χ2n) is 6.05. The van der Waals surface area contributed by atoms with Crippen LogP contribution in [0.2, 0.25) is 0 Å². The Bertz CT molecular complexity index is 555. The molecule has 0 aliphatic heterocycles. The standard InChI is InChI=1S/C15H25N3O2S/c1-11(2)13-6-4-5-7-14(13)18-21(19,20)12-8-9-15(16-3)17-10-12/h8-11,13-14,18H,4-7H2,1-3H3,(H,16,17). The molecule has 1 heterocycles. The van der Waals surface area contributed by atoms with Crippen LogP contribution in [-0.4, -0.2) is 26.5 Å². The highest BCUT2D eigenvalue weighted by atomic mass is 32.2. The molecule has 5 nitrogen and oxygen atoms in total. The number of aromatic nitrogens is 1. The lowest BCUT2D eigenvalue weighted by molar-refractivity contribution is 0.226. The lowest BCUT2D eigenvalue weighted by atomic mass is 9.78. The molecule has 0 aromatic carbocycles. The number of nitrogens with one attached hydrogen (secondary N) is 2. The van der Waals surface area contributed by atoms with E-state index >= 15 is 0 Å². The van der Waals surface area contributed by atoms with Crippen molar-refractivity contribution in [3.8, 4) is 0 Å². The summed E-state index contributed by atoms with van der Waals surface area (Å²) in [6.45, 7) is 4.33. The maximum atomic E-state index is 12.5. The third kappa shape index (κ3) is 3.95. The Kier molecular flexibility index (Phi) is 5.22. The molecule has 21 heavy (non-hydrogen) atoms. The molecule has 0 radical (unpaired) electrons. The van der Waals surface area contributed by atoms with Crippen molar-refractivity contribution in [3.63, 3.8) is 0 Å². The van der Waals surface area contributed by atoms with E-state index in [0.29, 0.717) is 17.7 Å². The Balaban J connectivity index is 2.15. The smallest absolute Gasteiger partial charge is 0.242 e. The predicted octanol–water partition coefficient (Wildman–Crippen LogP) is 2.62. The summed E-state index contributed by atoms with van der Waals surface area (Å²) in [4.78, 5) is 4.31. The molecule has 0 amide bonds. The molecule has 0 bridgehead atoms. The van der Waals surface area contributed by atoms with Crippen molar-refractivity contribution in [3.05, 3.63) is 18.3 Å². The largest absolute Gasteiger partial charge is 0.373 e. The van der Waals surface area contributed by atoms with Crippen molar-refractivity contribution in [1.29, 1.82) is 0 Å². The summed E-state index contributed by atoms with van der Waals surface area (Å²) in [5.41, 5.74) is 0. The van der Waals surface area contributed by atoms with Crippen molar-refractivity contribution in [2.75, 3.05) is 12.4 Å².